The summed E-state index contributed by atoms with van der Waals surface area (Å²) in [6.07, 6.45) is 3.87. The van der Waals surface area contributed by atoms with Crippen molar-refractivity contribution in [2.45, 2.75) is 19.3 Å². The molecule has 0 aliphatic carbocycles. The largest absolute Gasteiger partial charge is 0.461 e. The number of rotatable bonds is 8. The maximum atomic E-state index is 11.0. The van der Waals surface area contributed by atoms with Gasteiger partial charge in [-0.25, -0.2) is 0 Å². The van der Waals surface area contributed by atoms with Crippen LogP contribution < -0.4 is 0 Å². The van der Waals surface area contributed by atoms with E-state index in [1.807, 2.05) is 0 Å². The second kappa shape index (κ2) is 8.99. The predicted octanol–water partition coefficient (Wildman–Crippen LogP) is 1.62. The molecule has 0 radical (unpaired) electrons. The maximum Gasteiger partial charge on any atom is 0.306 e. The molecule has 0 rings (SSSR count). The second-order valence-electron chi connectivity index (χ2n) is 2.80. The molecule has 0 saturated heterocycles. The second-order valence-corrected chi connectivity index (χ2v) is 2.80. The molecule has 0 atom stereocenters. The van der Waals surface area contributed by atoms with Crippen molar-refractivity contribution >= 4 is 11.9 Å². The molecule has 0 aromatic carbocycles. The highest BCUT2D eigenvalue weighted by molar-refractivity contribution is 5.72. The smallest absolute Gasteiger partial charge is 0.306 e. The number of carbonyl (C=O) groups excluding carboxylic acids is 2. The molecule has 0 saturated carbocycles. The molecule has 0 unspecified atom stereocenters. The van der Waals surface area contributed by atoms with E-state index >= 15 is 0 Å². The SMILES string of the molecule is C=CCOC(=O)CCCC(=O)OCC=C. The summed E-state index contributed by atoms with van der Waals surface area (Å²) in [7, 11) is 0. The van der Waals surface area contributed by atoms with Crippen molar-refractivity contribution in [2.75, 3.05) is 13.2 Å². The average molecular weight is 212 g/mol. The lowest BCUT2D eigenvalue weighted by Crippen LogP contribution is -2.08. The molecule has 15 heavy (non-hydrogen) atoms. The normalized spacial score (nSPS) is 9.07. The van der Waals surface area contributed by atoms with Crippen LogP contribution in [0.5, 0.6) is 0 Å². The molecule has 0 aliphatic heterocycles. The van der Waals surface area contributed by atoms with Crippen LogP contribution in [0.4, 0.5) is 0 Å². The Bertz CT molecular complexity index is 209. The van der Waals surface area contributed by atoms with Crippen molar-refractivity contribution < 1.29 is 19.1 Å². The fourth-order valence-electron chi connectivity index (χ4n) is 0.825. The van der Waals surface area contributed by atoms with Gasteiger partial charge in [0, 0.05) is 12.8 Å². The third-order valence-electron chi connectivity index (χ3n) is 1.49. The van der Waals surface area contributed by atoms with Gasteiger partial charge < -0.3 is 9.47 Å². The summed E-state index contributed by atoms with van der Waals surface area (Å²) in [4.78, 5) is 21.9. The van der Waals surface area contributed by atoms with Crippen LogP contribution in [0.3, 0.4) is 0 Å². The molecule has 0 bridgehead atoms. The maximum absolute atomic E-state index is 11.0. The first kappa shape index (κ1) is 13.4. The lowest BCUT2D eigenvalue weighted by Gasteiger charge is -2.02. The van der Waals surface area contributed by atoms with E-state index in [1.54, 1.807) is 0 Å². The average Bonchev–Trinajstić information content (AvgIpc) is 2.23. The molecule has 0 heterocycles. The van der Waals surface area contributed by atoms with Gasteiger partial charge in [-0.05, 0) is 6.42 Å². The van der Waals surface area contributed by atoms with Crippen molar-refractivity contribution in [1.29, 1.82) is 0 Å². The number of hydrogen-bond donors (Lipinski definition) is 0. The molecule has 0 aromatic rings. The molecular formula is C11H16O4. The fourth-order valence-corrected chi connectivity index (χ4v) is 0.825. The lowest BCUT2D eigenvalue weighted by atomic mass is 10.2. The number of ether oxygens (including phenoxy) is 2. The first-order valence-electron chi connectivity index (χ1n) is 4.73. The van der Waals surface area contributed by atoms with E-state index in [-0.39, 0.29) is 38.0 Å². The summed E-state index contributed by atoms with van der Waals surface area (Å²) < 4.78 is 9.46. The zero-order valence-electron chi connectivity index (χ0n) is 8.74. The van der Waals surface area contributed by atoms with E-state index in [4.69, 9.17) is 9.47 Å². The van der Waals surface area contributed by atoms with Crippen LogP contribution in [0.2, 0.25) is 0 Å². The van der Waals surface area contributed by atoms with Crippen LogP contribution in [0, 0.1) is 0 Å². The summed E-state index contributed by atoms with van der Waals surface area (Å²) in [5, 5.41) is 0. The Labute approximate surface area is 89.6 Å². The van der Waals surface area contributed by atoms with Gasteiger partial charge >= 0.3 is 11.9 Å². The Balaban J connectivity index is 3.43. The van der Waals surface area contributed by atoms with Crippen molar-refractivity contribution in [3.05, 3.63) is 25.3 Å². The molecule has 0 fully saturated rings. The Morgan fingerprint density at radius 1 is 0.933 bits per heavy atom. The van der Waals surface area contributed by atoms with Crippen molar-refractivity contribution in [3.8, 4) is 0 Å². The van der Waals surface area contributed by atoms with Crippen molar-refractivity contribution in [3.63, 3.8) is 0 Å². The number of hydrogen-bond acceptors (Lipinski definition) is 4. The zero-order valence-corrected chi connectivity index (χ0v) is 8.74. The van der Waals surface area contributed by atoms with Crippen molar-refractivity contribution in [1.82, 2.24) is 0 Å². The Morgan fingerprint density at radius 2 is 1.33 bits per heavy atom. The molecule has 0 aromatic heterocycles. The van der Waals surface area contributed by atoms with Gasteiger partial charge in [-0.3, -0.25) is 9.59 Å². The van der Waals surface area contributed by atoms with Gasteiger partial charge in [0.25, 0.3) is 0 Å². The summed E-state index contributed by atoms with van der Waals surface area (Å²) in [5.74, 6) is -0.655. The minimum atomic E-state index is -0.327. The van der Waals surface area contributed by atoms with E-state index in [0.717, 1.165) is 0 Å². The Kier molecular flexibility index (Phi) is 8.05. The topological polar surface area (TPSA) is 52.6 Å². The van der Waals surface area contributed by atoms with E-state index in [1.165, 1.54) is 12.2 Å². The van der Waals surface area contributed by atoms with Crippen LogP contribution in [0.25, 0.3) is 0 Å². The number of carbonyl (C=O) groups is 2. The van der Waals surface area contributed by atoms with Gasteiger partial charge in [0.15, 0.2) is 0 Å². The predicted molar refractivity (Wildman–Crippen MR) is 56.2 cm³/mol. The van der Waals surface area contributed by atoms with E-state index < -0.39 is 0 Å². The minimum Gasteiger partial charge on any atom is -0.461 e. The Morgan fingerprint density at radius 3 is 1.67 bits per heavy atom. The molecular weight excluding hydrogens is 196 g/mol. The highest BCUT2D eigenvalue weighted by atomic mass is 16.5. The van der Waals surface area contributed by atoms with Crippen LogP contribution in [-0.2, 0) is 19.1 Å². The summed E-state index contributed by atoms with van der Waals surface area (Å²) >= 11 is 0. The standard InChI is InChI=1S/C11H16O4/c1-3-8-14-10(12)6-5-7-11(13)15-9-4-2/h3-4H,1-2,5-9H2. The quantitative estimate of drug-likeness (QED) is 0.453. The van der Waals surface area contributed by atoms with Gasteiger partial charge in [0.05, 0.1) is 0 Å². The van der Waals surface area contributed by atoms with Crippen LogP contribution in [-0.4, -0.2) is 25.2 Å². The lowest BCUT2D eigenvalue weighted by molar-refractivity contribution is -0.144. The van der Waals surface area contributed by atoms with Crippen molar-refractivity contribution in [2.24, 2.45) is 0 Å². The summed E-state index contributed by atoms with van der Waals surface area (Å²) in [6, 6.07) is 0. The molecule has 0 spiro atoms. The molecule has 4 nitrogen and oxygen atoms in total. The number of esters is 2. The molecule has 0 aliphatic rings. The van der Waals surface area contributed by atoms with Crippen LogP contribution in [0.1, 0.15) is 19.3 Å². The van der Waals surface area contributed by atoms with Gasteiger partial charge in [0.2, 0.25) is 0 Å². The zero-order chi connectivity index (χ0) is 11.5. The first-order valence-corrected chi connectivity index (χ1v) is 4.73. The highest BCUT2D eigenvalue weighted by Crippen LogP contribution is 1.99. The van der Waals surface area contributed by atoms with Gasteiger partial charge in [-0.2, -0.15) is 0 Å². The molecule has 0 N–H and O–H groups in total. The monoisotopic (exact) mass is 212 g/mol. The highest BCUT2D eigenvalue weighted by Gasteiger charge is 2.05. The van der Waals surface area contributed by atoms with Gasteiger partial charge in [0.1, 0.15) is 13.2 Å². The van der Waals surface area contributed by atoms with Gasteiger partial charge in [-0.15, -0.1) is 0 Å². The Hall–Kier alpha value is -1.58. The van der Waals surface area contributed by atoms with Gasteiger partial charge in [-0.1, -0.05) is 25.3 Å². The molecule has 4 heteroatoms. The summed E-state index contributed by atoms with van der Waals surface area (Å²) in [6.45, 7) is 7.24. The van der Waals surface area contributed by atoms with Crippen LogP contribution in [0.15, 0.2) is 25.3 Å². The van der Waals surface area contributed by atoms with E-state index in [2.05, 4.69) is 13.2 Å². The van der Waals surface area contributed by atoms with E-state index in [9.17, 15) is 9.59 Å². The van der Waals surface area contributed by atoms with E-state index in [0.29, 0.717) is 6.42 Å². The minimum absolute atomic E-state index is 0.208. The third-order valence-corrected chi connectivity index (χ3v) is 1.49. The fraction of sp³-hybridized carbons (Fsp3) is 0.455. The third kappa shape index (κ3) is 8.74. The van der Waals surface area contributed by atoms with Crippen LogP contribution >= 0.6 is 0 Å². The molecule has 0 amide bonds. The first-order chi connectivity index (χ1) is 7.20. The summed E-state index contributed by atoms with van der Waals surface area (Å²) in [5.41, 5.74) is 0. The molecule has 84 valence electrons.